The summed E-state index contributed by atoms with van der Waals surface area (Å²) in [5, 5.41) is 11.6. The number of ketones is 1. The normalized spacial score (nSPS) is 13.1. The van der Waals surface area contributed by atoms with Gasteiger partial charge in [0.05, 0.1) is 13.2 Å². The van der Waals surface area contributed by atoms with E-state index in [0.29, 0.717) is 0 Å². The fourth-order valence-corrected chi connectivity index (χ4v) is 0.543. The molecule has 0 saturated heterocycles. The number of hydrogen-bond acceptors (Lipinski definition) is 4. The van der Waals surface area contributed by atoms with Crippen LogP contribution in [0.2, 0.25) is 0 Å². The van der Waals surface area contributed by atoms with Crippen molar-refractivity contribution >= 4 is 5.78 Å². The van der Waals surface area contributed by atoms with Crippen LogP contribution in [0.1, 0.15) is 0 Å². The molecule has 1 unspecified atom stereocenters. The minimum Gasteiger partial charge on any atom is -0.383 e. The molecule has 0 radical (unpaired) electrons. The Bertz CT molecular complexity index is 105. The molecular weight excluding hydrogens is 134 g/mol. The van der Waals surface area contributed by atoms with E-state index < -0.39 is 6.10 Å². The third-order valence-corrected chi connectivity index (χ3v) is 1.05. The van der Waals surface area contributed by atoms with Crippen molar-refractivity contribution in [2.24, 2.45) is 0 Å². The lowest BCUT2D eigenvalue weighted by Crippen LogP contribution is -2.32. The standard InChI is InChI=1S/C6H13NO3/c1-7-3-5(8)6(9)4-10-2/h6-7,9H,3-4H2,1-2H3. The van der Waals surface area contributed by atoms with E-state index in [9.17, 15) is 4.79 Å². The fourth-order valence-electron chi connectivity index (χ4n) is 0.543. The van der Waals surface area contributed by atoms with Crippen molar-refractivity contribution in [2.75, 3.05) is 27.3 Å². The predicted octanol–water partition coefficient (Wildman–Crippen LogP) is -1.22. The van der Waals surface area contributed by atoms with Gasteiger partial charge >= 0.3 is 0 Å². The molecular formula is C6H13NO3. The summed E-state index contributed by atoms with van der Waals surface area (Å²) >= 11 is 0. The highest BCUT2D eigenvalue weighted by molar-refractivity contribution is 5.84. The quantitative estimate of drug-likeness (QED) is 0.512. The van der Waals surface area contributed by atoms with Crippen molar-refractivity contribution < 1.29 is 14.6 Å². The van der Waals surface area contributed by atoms with Crippen LogP contribution in [0.5, 0.6) is 0 Å². The molecule has 60 valence electrons. The van der Waals surface area contributed by atoms with Crippen LogP contribution >= 0.6 is 0 Å². The molecule has 0 heterocycles. The number of likely N-dealkylation sites (N-methyl/N-ethyl adjacent to an activating group) is 1. The molecule has 0 aliphatic rings. The van der Waals surface area contributed by atoms with Gasteiger partial charge < -0.3 is 15.2 Å². The van der Waals surface area contributed by atoms with E-state index in [1.165, 1.54) is 7.11 Å². The Morgan fingerprint density at radius 3 is 2.80 bits per heavy atom. The van der Waals surface area contributed by atoms with Crippen LogP contribution in [0.15, 0.2) is 0 Å². The van der Waals surface area contributed by atoms with Gasteiger partial charge in [0.1, 0.15) is 6.10 Å². The number of ether oxygens (including phenoxy) is 1. The first-order chi connectivity index (χ1) is 4.72. The zero-order chi connectivity index (χ0) is 7.98. The predicted molar refractivity (Wildman–Crippen MR) is 36.8 cm³/mol. The van der Waals surface area contributed by atoms with Crippen LogP contribution in [0.4, 0.5) is 0 Å². The number of aliphatic hydroxyl groups is 1. The molecule has 0 aromatic carbocycles. The van der Waals surface area contributed by atoms with Gasteiger partial charge in [-0.15, -0.1) is 0 Å². The monoisotopic (exact) mass is 147 g/mol. The third-order valence-electron chi connectivity index (χ3n) is 1.05. The van der Waals surface area contributed by atoms with E-state index in [0.717, 1.165) is 0 Å². The van der Waals surface area contributed by atoms with Crippen LogP contribution in [-0.2, 0) is 9.53 Å². The first-order valence-corrected chi connectivity index (χ1v) is 3.06. The summed E-state index contributed by atoms with van der Waals surface area (Å²) in [6.45, 7) is 0.255. The maximum Gasteiger partial charge on any atom is 0.177 e. The minimum atomic E-state index is -0.988. The number of hydrogen-bond donors (Lipinski definition) is 2. The molecule has 0 amide bonds. The average molecular weight is 147 g/mol. The summed E-state index contributed by atoms with van der Waals surface area (Å²) in [5.74, 6) is -0.246. The highest BCUT2D eigenvalue weighted by atomic mass is 16.5. The van der Waals surface area contributed by atoms with Gasteiger partial charge in [-0.2, -0.15) is 0 Å². The Morgan fingerprint density at radius 2 is 2.40 bits per heavy atom. The largest absolute Gasteiger partial charge is 0.383 e. The molecule has 0 aromatic rings. The molecule has 4 nitrogen and oxygen atoms in total. The van der Waals surface area contributed by atoms with Gasteiger partial charge in [-0.1, -0.05) is 0 Å². The molecule has 0 aromatic heterocycles. The molecule has 10 heavy (non-hydrogen) atoms. The zero-order valence-electron chi connectivity index (χ0n) is 6.26. The Hall–Kier alpha value is -0.450. The third kappa shape index (κ3) is 3.55. The molecule has 4 heteroatoms. The van der Waals surface area contributed by atoms with Crippen LogP contribution in [0.3, 0.4) is 0 Å². The summed E-state index contributed by atoms with van der Waals surface area (Å²) < 4.78 is 4.57. The zero-order valence-corrected chi connectivity index (χ0v) is 6.26. The lowest BCUT2D eigenvalue weighted by molar-refractivity contribution is -0.128. The van der Waals surface area contributed by atoms with E-state index in [1.807, 2.05) is 0 Å². The SMILES string of the molecule is CNCC(=O)C(O)COC. The van der Waals surface area contributed by atoms with Gasteiger partial charge in [-0.3, -0.25) is 4.79 Å². The van der Waals surface area contributed by atoms with Crippen LogP contribution in [0, 0.1) is 0 Å². The summed E-state index contributed by atoms with van der Waals surface area (Å²) in [7, 11) is 3.09. The van der Waals surface area contributed by atoms with Crippen molar-refractivity contribution in [1.29, 1.82) is 0 Å². The lowest BCUT2D eigenvalue weighted by atomic mass is 10.2. The molecule has 1 atom stereocenters. The Labute approximate surface area is 60.2 Å². The van der Waals surface area contributed by atoms with E-state index >= 15 is 0 Å². The Balaban J connectivity index is 3.49. The van der Waals surface area contributed by atoms with E-state index in [4.69, 9.17) is 5.11 Å². The van der Waals surface area contributed by atoms with Gasteiger partial charge in [0.2, 0.25) is 0 Å². The van der Waals surface area contributed by atoms with E-state index in [1.54, 1.807) is 7.05 Å². The number of carbonyl (C=O) groups is 1. The molecule has 0 saturated carbocycles. The van der Waals surface area contributed by atoms with Gasteiger partial charge in [0, 0.05) is 7.11 Å². The van der Waals surface area contributed by atoms with Gasteiger partial charge in [0.25, 0.3) is 0 Å². The van der Waals surface area contributed by atoms with Crippen molar-refractivity contribution in [3.63, 3.8) is 0 Å². The van der Waals surface area contributed by atoms with Gasteiger partial charge in [-0.05, 0) is 7.05 Å². The number of carbonyl (C=O) groups excluding carboxylic acids is 1. The summed E-state index contributed by atoms with van der Waals surface area (Å²) in [6.07, 6.45) is -0.988. The number of methoxy groups -OCH3 is 1. The number of aliphatic hydroxyl groups excluding tert-OH is 1. The van der Waals surface area contributed by atoms with Crippen molar-refractivity contribution in [3.8, 4) is 0 Å². The van der Waals surface area contributed by atoms with Crippen molar-refractivity contribution in [1.82, 2.24) is 5.32 Å². The second kappa shape index (κ2) is 5.34. The summed E-state index contributed by atoms with van der Waals surface area (Å²) in [4.78, 5) is 10.7. The maximum atomic E-state index is 10.7. The molecule has 0 rings (SSSR count). The highest BCUT2D eigenvalue weighted by Crippen LogP contribution is 1.84. The first-order valence-electron chi connectivity index (χ1n) is 3.06. The minimum absolute atomic E-state index is 0.0700. The topological polar surface area (TPSA) is 58.6 Å². The second-order valence-corrected chi connectivity index (χ2v) is 1.97. The number of Topliss-reactive ketones (excluding diaryl/α,β-unsaturated/α-hetero) is 1. The number of nitrogens with one attached hydrogen (secondary N) is 1. The first kappa shape index (κ1) is 9.55. The van der Waals surface area contributed by atoms with E-state index in [-0.39, 0.29) is 18.9 Å². The van der Waals surface area contributed by atoms with Gasteiger partial charge in [-0.25, -0.2) is 0 Å². The van der Waals surface area contributed by atoms with Gasteiger partial charge in [0.15, 0.2) is 5.78 Å². The smallest absolute Gasteiger partial charge is 0.177 e. The van der Waals surface area contributed by atoms with Crippen LogP contribution in [-0.4, -0.2) is 44.3 Å². The van der Waals surface area contributed by atoms with Crippen LogP contribution in [0.25, 0.3) is 0 Å². The molecule has 2 N–H and O–H groups in total. The summed E-state index contributed by atoms with van der Waals surface area (Å²) in [5.41, 5.74) is 0. The molecule has 0 aliphatic heterocycles. The molecule has 0 fully saturated rings. The average Bonchev–Trinajstić information content (AvgIpc) is 1.89. The van der Waals surface area contributed by atoms with Crippen molar-refractivity contribution in [2.45, 2.75) is 6.10 Å². The van der Waals surface area contributed by atoms with E-state index in [2.05, 4.69) is 10.1 Å². The number of rotatable bonds is 5. The maximum absolute atomic E-state index is 10.7. The molecule has 0 aliphatic carbocycles. The second-order valence-electron chi connectivity index (χ2n) is 1.97. The molecule has 0 spiro atoms. The highest BCUT2D eigenvalue weighted by Gasteiger charge is 2.12. The van der Waals surface area contributed by atoms with Crippen LogP contribution < -0.4 is 5.32 Å². The summed E-state index contributed by atoms with van der Waals surface area (Å²) in [6, 6.07) is 0. The molecule has 0 bridgehead atoms. The fraction of sp³-hybridized carbons (Fsp3) is 0.833. The Morgan fingerprint density at radius 1 is 1.80 bits per heavy atom. The Kier molecular flexibility index (Phi) is 5.10. The van der Waals surface area contributed by atoms with Crippen molar-refractivity contribution in [3.05, 3.63) is 0 Å². The lowest BCUT2D eigenvalue weighted by Gasteiger charge is -2.06.